The summed E-state index contributed by atoms with van der Waals surface area (Å²) in [6.07, 6.45) is 4.58. The van der Waals surface area contributed by atoms with Crippen LogP contribution in [0.5, 0.6) is 11.6 Å². The smallest absolute Gasteiger partial charge is 0.261 e. The van der Waals surface area contributed by atoms with Crippen LogP contribution in [0.15, 0.2) is 84.0 Å². The monoisotopic (exact) mass is 461 g/mol. The maximum atomic E-state index is 12.8. The van der Waals surface area contributed by atoms with Crippen LogP contribution >= 0.6 is 0 Å². The molecule has 0 fully saturated rings. The van der Waals surface area contributed by atoms with Gasteiger partial charge in [-0.3, -0.25) is 9.52 Å². The number of nitrogens with zero attached hydrogens (tertiary/aromatic N) is 3. The number of aryl methyl sites for hydroxylation is 1. The summed E-state index contributed by atoms with van der Waals surface area (Å²) >= 11 is 0. The van der Waals surface area contributed by atoms with Gasteiger partial charge >= 0.3 is 0 Å². The Bertz CT molecular complexity index is 1400. The summed E-state index contributed by atoms with van der Waals surface area (Å²) in [6, 6.07) is 18.4. The molecule has 10 heteroatoms. The van der Waals surface area contributed by atoms with Gasteiger partial charge in [0.1, 0.15) is 5.75 Å². The average Bonchev–Trinajstić information content (AvgIpc) is 3.35. The molecule has 3 heterocycles. The Hall–Kier alpha value is -4.18. The van der Waals surface area contributed by atoms with E-state index in [9.17, 15) is 13.2 Å². The van der Waals surface area contributed by atoms with Gasteiger partial charge in [0.25, 0.3) is 10.0 Å². The largest absolute Gasteiger partial charge is 0.438 e. The van der Waals surface area contributed by atoms with Crippen LogP contribution in [0.3, 0.4) is 0 Å². The van der Waals surface area contributed by atoms with E-state index >= 15 is 0 Å². The van der Waals surface area contributed by atoms with E-state index in [2.05, 4.69) is 20.2 Å². The minimum absolute atomic E-state index is 0.0682. The van der Waals surface area contributed by atoms with Crippen molar-refractivity contribution >= 4 is 27.3 Å². The molecule has 0 spiro atoms. The Morgan fingerprint density at radius 3 is 2.45 bits per heavy atom. The van der Waals surface area contributed by atoms with E-state index in [0.29, 0.717) is 41.7 Å². The van der Waals surface area contributed by atoms with Crippen molar-refractivity contribution in [1.82, 2.24) is 14.8 Å². The van der Waals surface area contributed by atoms with Crippen LogP contribution in [-0.2, 0) is 21.2 Å². The van der Waals surface area contributed by atoms with E-state index in [1.807, 2.05) is 29.1 Å². The van der Waals surface area contributed by atoms with Crippen LogP contribution in [0.25, 0.3) is 5.82 Å². The molecule has 2 N–H and O–H groups in total. The van der Waals surface area contributed by atoms with Crippen molar-refractivity contribution in [3.05, 3.63) is 84.7 Å². The van der Waals surface area contributed by atoms with Crippen LogP contribution in [0, 0.1) is 0 Å². The molecule has 0 radical (unpaired) electrons. The number of fused-ring (bicyclic) bond motifs is 1. The first-order chi connectivity index (χ1) is 16.0. The summed E-state index contributed by atoms with van der Waals surface area (Å²) in [4.78, 5) is 11.6. The fourth-order valence-electron chi connectivity index (χ4n) is 3.45. The van der Waals surface area contributed by atoms with Crippen molar-refractivity contribution in [3.8, 4) is 17.4 Å². The Balaban J connectivity index is 1.26. The number of nitrogens with one attached hydrogen (secondary N) is 2. The predicted molar refractivity (Wildman–Crippen MR) is 122 cm³/mol. The molecule has 2 aromatic heterocycles. The van der Waals surface area contributed by atoms with E-state index in [1.54, 1.807) is 48.5 Å². The third-order valence-electron chi connectivity index (χ3n) is 5.11. The van der Waals surface area contributed by atoms with Gasteiger partial charge in [-0.15, -0.1) is 10.2 Å². The maximum absolute atomic E-state index is 12.8. The van der Waals surface area contributed by atoms with Crippen LogP contribution in [0.1, 0.15) is 12.0 Å². The molecule has 0 bridgehead atoms. The van der Waals surface area contributed by atoms with Crippen molar-refractivity contribution in [3.63, 3.8) is 0 Å². The summed E-state index contributed by atoms with van der Waals surface area (Å²) in [5.74, 6) is 1.41. The van der Waals surface area contributed by atoms with Gasteiger partial charge in [-0.1, -0.05) is 0 Å². The molecular weight excluding hydrogens is 442 g/mol. The zero-order chi connectivity index (χ0) is 22.8. The number of hydrogen-bond acceptors (Lipinski definition) is 6. The fourth-order valence-corrected chi connectivity index (χ4v) is 4.55. The second-order valence-electron chi connectivity index (χ2n) is 7.42. The summed E-state index contributed by atoms with van der Waals surface area (Å²) in [5, 5.41) is 10.9. The first kappa shape index (κ1) is 20.7. The SMILES string of the molecule is O=C1CCc2cc(S(=O)(=O)Nc3ccc(Oc4ccc(-n5cccc5)nn4)cc3)ccc2N1. The van der Waals surface area contributed by atoms with E-state index in [4.69, 9.17) is 4.74 Å². The summed E-state index contributed by atoms with van der Waals surface area (Å²) in [7, 11) is -3.79. The molecule has 0 saturated heterocycles. The standard InChI is InChI=1S/C23H19N5O4S/c29-22-11-3-16-15-19(8-9-20(16)24-22)33(30,31)27-17-4-6-18(7-5-17)32-23-12-10-21(25-26-23)28-13-1-2-14-28/h1-2,4-10,12-15,27H,3,11H2,(H,24,29). The lowest BCUT2D eigenvalue weighted by Gasteiger charge is -2.18. The molecule has 1 aliphatic rings. The molecule has 2 aromatic carbocycles. The molecule has 5 rings (SSSR count). The third-order valence-corrected chi connectivity index (χ3v) is 6.49. The summed E-state index contributed by atoms with van der Waals surface area (Å²) in [5.41, 5.74) is 1.84. The first-order valence-electron chi connectivity index (χ1n) is 10.2. The number of amides is 1. The van der Waals surface area contributed by atoms with Crippen LogP contribution in [0.4, 0.5) is 11.4 Å². The van der Waals surface area contributed by atoms with Gasteiger partial charge in [0.2, 0.25) is 11.8 Å². The molecule has 9 nitrogen and oxygen atoms in total. The highest BCUT2D eigenvalue weighted by Crippen LogP contribution is 2.27. The van der Waals surface area contributed by atoms with Crippen molar-refractivity contribution in [2.24, 2.45) is 0 Å². The quantitative estimate of drug-likeness (QED) is 0.452. The van der Waals surface area contributed by atoms with E-state index < -0.39 is 10.0 Å². The Morgan fingerprint density at radius 2 is 1.73 bits per heavy atom. The first-order valence-corrected chi connectivity index (χ1v) is 11.7. The molecule has 4 aromatic rings. The van der Waals surface area contributed by atoms with Gasteiger partial charge in [-0.05, 0) is 72.6 Å². The van der Waals surface area contributed by atoms with Gasteiger partial charge in [0.05, 0.1) is 4.90 Å². The van der Waals surface area contributed by atoms with Crippen molar-refractivity contribution in [2.75, 3.05) is 10.0 Å². The van der Waals surface area contributed by atoms with Gasteiger partial charge in [-0.25, -0.2) is 8.42 Å². The highest BCUT2D eigenvalue weighted by atomic mass is 32.2. The van der Waals surface area contributed by atoms with Gasteiger partial charge in [0.15, 0.2) is 5.82 Å². The second kappa shape index (κ2) is 8.40. The van der Waals surface area contributed by atoms with Gasteiger partial charge in [-0.2, -0.15) is 0 Å². The highest BCUT2D eigenvalue weighted by molar-refractivity contribution is 7.92. The molecule has 0 aliphatic carbocycles. The number of aromatic nitrogens is 3. The van der Waals surface area contributed by atoms with Crippen LogP contribution in [-0.4, -0.2) is 29.1 Å². The number of carbonyl (C=O) groups is 1. The lowest BCUT2D eigenvalue weighted by molar-refractivity contribution is -0.116. The number of ether oxygens (including phenoxy) is 1. The third kappa shape index (κ3) is 4.55. The number of rotatable bonds is 6. The number of benzene rings is 2. The Labute approximate surface area is 190 Å². The predicted octanol–water partition coefficient (Wildman–Crippen LogP) is 3.75. The molecular formula is C23H19N5O4S. The normalized spacial score (nSPS) is 13.2. The zero-order valence-corrected chi connectivity index (χ0v) is 18.1. The van der Waals surface area contributed by atoms with E-state index in [0.717, 1.165) is 5.56 Å². The summed E-state index contributed by atoms with van der Waals surface area (Å²) in [6.45, 7) is 0. The Morgan fingerprint density at radius 1 is 0.939 bits per heavy atom. The number of anilines is 2. The Kier molecular flexibility index (Phi) is 5.27. The molecule has 1 aliphatic heterocycles. The summed E-state index contributed by atoms with van der Waals surface area (Å²) < 4.78 is 35.7. The van der Waals surface area contributed by atoms with Crippen molar-refractivity contribution in [2.45, 2.75) is 17.7 Å². The topological polar surface area (TPSA) is 115 Å². The van der Waals surface area contributed by atoms with Gasteiger partial charge < -0.3 is 14.6 Å². The average molecular weight is 462 g/mol. The molecule has 166 valence electrons. The second-order valence-corrected chi connectivity index (χ2v) is 9.10. The minimum atomic E-state index is -3.79. The molecule has 0 unspecified atom stereocenters. The van der Waals surface area contributed by atoms with E-state index in [1.165, 1.54) is 6.07 Å². The molecule has 0 atom stereocenters. The molecule has 1 amide bonds. The maximum Gasteiger partial charge on any atom is 0.261 e. The minimum Gasteiger partial charge on any atom is -0.438 e. The van der Waals surface area contributed by atoms with Gasteiger partial charge in [0, 0.05) is 36.3 Å². The lowest BCUT2D eigenvalue weighted by Crippen LogP contribution is -2.20. The fraction of sp³-hybridized carbons (Fsp3) is 0.0870. The van der Waals surface area contributed by atoms with Crippen molar-refractivity contribution < 1.29 is 17.9 Å². The highest BCUT2D eigenvalue weighted by Gasteiger charge is 2.20. The van der Waals surface area contributed by atoms with Crippen LogP contribution < -0.4 is 14.8 Å². The van der Waals surface area contributed by atoms with E-state index in [-0.39, 0.29) is 10.8 Å². The molecule has 0 saturated carbocycles. The van der Waals surface area contributed by atoms with Crippen molar-refractivity contribution in [1.29, 1.82) is 0 Å². The number of hydrogen-bond donors (Lipinski definition) is 2. The number of carbonyl (C=O) groups excluding carboxylic acids is 1. The number of sulfonamides is 1. The zero-order valence-electron chi connectivity index (χ0n) is 17.3. The lowest BCUT2D eigenvalue weighted by atomic mass is 10.0. The molecule has 33 heavy (non-hydrogen) atoms. The van der Waals surface area contributed by atoms with Crippen LogP contribution in [0.2, 0.25) is 0 Å².